The van der Waals surface area contributed by atoms with Crippen LogP contribution in [0.25, 0.3) is 5.78 Å². The van der Waals surface area contributed by atoms with Gasteiger partial charge in [0, 0.05) is 12.1 Å². The number of fused-ring (bicyclic) bond motifs is 1. The van der Waals surface area contributed by atoms with E-state index < -0.39 is 0 Å². The molecule has 4 rings (SSSR count). The highest BCUT2D eigenvalue weighted by molar-refractivity contribution is 6.30. The van der Waals surface area contributed by atoms with Gasteiger partial charge >= 0.3 is 0 Å². The first-order valence-electron chi connectivity index (χ1n) is 6.79. The predicted molar refractivity (Wildman–Crippen MR) is 73.4 cm³/mol. The van der Waals surface area contributed by atoms with Crippen LogP contribution >= 0.6 is 11.6 Å². The van der Waals surface area contributed by atoms with Crippen LogP contribution in [0, 0.1) is 18.3 Å². The number of aromatic nitrogens is 4. The van der Waals surface area contributed by atoms with Gasteiger partial charge in [0.1, 0.15) is 17.3 Å². The molecule has 2 aliphatic rings. The van der Waals surface area contributed by atoms with Gasteiger partial charge in [0.25, 0.3) is 5.78 Å². The number of hydrogen-bond acceptors (Lipinski definition) is 4. The van der Waals surface area contributed by atoms with Crippen LogP contribution in [0.15, 0.2) is 6.33 Å². The molecule has 0 saturated heterocycles. The lowest BCUT2D eigenvalue weighted by Crippen LogP contribution is -2.20. The van der Waals surface area contributed by atoms with Gasteiger partial charge in [0.05, 0.1) is 0 Å². The Hall–Kier alpha value is -1.36. The Morgan fingerprint density at radius 2 is 2.26 bits per heavy atom. The van der Waals surface area contributed by atoms with E-state index in [0.29, 0.717) is 16.3 Å². The van der Waals surface area contributed by atoms with Crippen LogP contribution in [-0.4, -0.2) is 26.1 Å². The fraction of sp³-hybridized carbons (Fsp3) is 0.615. The normalized spacial score (nSPS) is 20.7. The molecular formula is C13H16ClN5. The fourth-order valence-corrected chi connectivity index (χ4v) is 3.12. The van der Waals surface area contributed by atoms with Crippen LogP contribution in [-0.2, 0) is 0 Å². The summed E-state index contributed by atoms with van der Waals surface area (Å²) in [6.45, 7) is 2.98. The maximum Gasteiger partial charge on any atom is 0.255 e. The molecule has 100 valence electrons. The summed E-state index contributed by atoms with van der Waals surface area (Å²) in [7, 11) is 0. The van der Waals surface area contributed by atoms with E-state index in [0.717, 1.165) is 23.8 Å². The molecule has 2 aromatic heterocycles. The predicted octanol–water partition coefficient (Wildman–Crippen LogP) is 2.69. The second kappa shape index (κ2) is 3.82. The highest BCUT2D eigenvalue weighted by Gasteiger charge is 2.53. The van der Waals surface area contributed by atoms with Gasteiger partial charge in [0.15, 0.2) is 0 Å². The van der Waals surface area contributed by atoms with Gasteiger partial charge in [0.2, 0.25) is 0 Å². The van der Waals surface area contributed by atoms with Crippen LogP contribution in [0.4, 0.5) is 5.82 Å². The molecule has 0 radical (unpaired) electrons. The van der Waals surface area contributed by atoms with Crippen molar-refractivity contribution in [2.45, 2.75) is 32.6 Å². The standard InChI is InChI=1S/C13H16ClN5/c1-8-10(14)18-12-16-7-17-19(12)11(8)15-6-13(4-5-13)9-2-3-9/h7,9,15H,2-6H2,1H3. The summed E-state index contributed by atoms with van der Waals surface area (Å²) >= 11 is 6.16. The Balaban J connectivity index is 1.66. The van der Waals surface area contributed by atoms with E-state index in [4.69, 9.17) is 11.6 Å². The maximum absolute atomic E-state index is 6.16. The average molecular weight is 278 g/mol. The monoisotopic (exact) mass is 277 g/mol. The topological polar surface area (TPSA) is 55.1 Å². The van der Waals surface area contributed by atoms with Crippen molar-refractivity contribution in [1.82, 2.24) is 19.6 Å². The van der Waals surface area contributed by atoms with E-state index >= 15 is 0 Å². The molecule has 0 amide bonds. The van der Waals surface area contributed by atoms with E-state index in [1.807, 2.05) is 6.92 Å². The third kappa shape index (κ3) is 1.79. The molecule has 0 spiro atoms. The number of rotatable bonds is 4. The van der Waals surface area contributed by atoms with Crippen molar-refractivity contribution in [1.29, 1.82) is 0 Å². The Morgan fingerprint density at radius 3 is 2.95 bits per heavy atom. The quantitative estimate of drug-likeness (QED) is 0.873. The molecule has 0 atom stereocenters. The van der Waals surface area contributed by atoms with Crippen molar-refractivity contribution in [3.63, 3.8) is 0 Å². The zero-order chi connectivity index (χ0) is 13.0. The van der Waals surface area contributed by atoms with Crippen molar-refractivity contribution in [2.24, 2.45) is 11.3 Å². The van der Waals surface area contributed by atoms with Gasteiger partial charge < -0.3 is 5.32 Å². The smallest absolute Gasteiger partial charge is 0.255 e. The largest absolute Gasteiger partial charge is 0.369 e. The third-order valence-corrected chi connectivity index (χ3v) is 4.92. The summed E-state index contributed by atoms with van der Waals surface area (Å²) in [4.78, 5) is 8.32. The van der Waals surface area contributed by atoms with Crippen LogP contribution in [0.2, 0.25) is 5.15 Å². The number of nitrogens with zero attached hydrogens (tertiary/aromatic N) is 4. The van der Waals surface area contributed by atoms with Crippen LogP contribution in [0.5, 0.6) is 0 Å². The minimum absolute atomic E-state index is 0.499. The van der Waals surface area contributed by atoms with E-state index in [2.05, 4.69) is 20.4 Å². The minimum atomic E-state index is 0.499. The number of nitrogens with one attached hydrogen (secondary N) is 1. The minimum Gasteiger partial charge on any atom is -0.369 e. The molecular weight excluding hydrogens is 262 g/mol. The van der Waals surface area contributed by atoms with Crippen molar-refractivity contribution >= 4 is 23.2 Å². The molecule has 2 saturated carbocycles. The summed E-state index contributed by atoms with van der Waals surface area (Å²) in [5, 5.41) is 8.27. The molecule has 2 aliphatic carbocycles. The molecule has 0 aliphatic heterocycles. The first-order chi connectivity index (χ1) is 9.20. The molecule has 1 N–H and O–H groups in total. The first-order valence-corrected chi connectivity index (χ1v) is 7.17. The number of hydrogen-bond donors (Lipinski definition) is 1. The van der Waals surface area contributed by atoms with Crippen molar-refractivity contribution < 1.29 is 0 Å². The molecule has 2 aromatic rings. The molecule has 5 nitrogen and oxygen atoms in total. The Morgan fingerprint density at radius 1 is 1.47 bits per heavy atom. The van der Waals surface area contributed by atoms with Gasteiger partial charge in [-0.25, -0.2) is 0 Å². The number of anilines is 1. The van der Waals surface area contributed by atoms with Gasteiger partial charge in [-0.2, -0.15) is 19.6 Å². The van der Waals surface area contributed by atoms with E-state index in [1.54, 1.807) is 4.52 Å². The van der Waals surface area contributed by atoms with Gasteiger partial charge in [-0.1, -0.05) is 11.6 Å². The lowest BCUT2D eigenvalue weighted by Gasteiger charge is -2.18. The van der Waals surface area contributed by atoms with Crippen molar-refractivity contribution in [2.75, 3.05) is 11.9 Å². The second-order valence-corrected chi connectivity index (χ2v) is 6.20. The van der Waals surface area contributed by atoms with Gasteiger partial charge in [-0.05, 0) is 43.9 Å². The zero-order valence-corrected chi connectivity index (χ0v) is 11.6. The average Bonchev–Trinajstić information content (AvgIpc) is 3.28. The third-order valence-electron chi connectivity index (χ3n) is 4.55. The van der Waals surface area contributed by atoms with Crippen LogP contribution < -0.4 is 5.32 Å². The first kappa shape index (κ1) is 11.5. The highest BCUT2D eigenvalue weighted by atomic mass is 35.5. The molecule has 2 fully saturated rings. The summed E-state index contributed by atoms with van der Waals surface area (Å²) in [5.74, 6) is 2.41. The second-order valence-electron chi connectivity index (χ2n) is 5.84. The summed E-state index contributed by atoms with van der Waals surface area (Å²) in [6.07, 6.45) is 7.01. The van der Waals surface area contributed by atoms with E-state index in [9.17, 15) is 0 Å². The van der Waals surface area contributed by atoms with Crippen molar-refractivity contribution in [3.8, 4) is 0 Å². The SMILES string of the molecule is Cc1c(Cl)nc2ncnn2c1NCC1(C2CC2)CC1. The zero-order valence-electron chi connectivity index (χ0n) is 10.9. The van der Waals surface area contributed by atoms with Crippen LogP contribution in [0.1, 0.15) is 31.2 Å². The fourth-order valence-electron chi connectivity index (χ4n) is 2.95. The Labute approximate surface area is 116 Å². The summed E-state index contributed by atoms with van der Waals surface area (Å²) in [6, 6.07) is 0. The van der Waals surface area contributed by atoms with Crippen molar-refractivity contribution in [3.05, 3.63) is 17.0 Å². The molecule has 6 heteroatoms. The molecule has 2 heterocycles. The Bertz CT molecular complexity index is 642. The van der Waals surface area contributed by atoms with E-state index in [1.165, 1.54) is 32.0 Å². The Kier molecular flexibility index (Phi) is 2.31. The van der Waals surface area contributed by atoms with Crippen LogP contribution in [0.3, 0.4) is 0 Å². The molecule has 0 unspecified atom stereocenters. The lowest BCUT2D eigenvalue weighted by molar-refractivity contribution is 0.465. The molecule has 0 bridgehead atoms. The highest BCUT2D eigenvalue weighted by Crippen LogP contribution is 2.61. The van der Waals surface area contributed by atoms with Gasteiger partial charge in [-0.15, -0.1) is 0 Å². The maximum atomic E-state index is 6.16. The summed E-state index contributed by atoms with van der Waals surface area (Å²) < 4.78 is 1.74. The number of halogens is 1. The molecule has 0 aromatic carbocycles. The van der Waals surface area contributed by atoms with Gasteiger partial charge in [-0.3, -0.25) is 0 Å². The van der Waals surface area contributed by atoms with E-state index in [-0.39, 0.29) is 0 Å². The summed E-state index contributed by atoms with van der Waals surface area (Å²) in [5.41, 5.74) is 1.47. The molecule has 19 heavy (non-hydrogen) atoms. The lowest BCUT2D eigenvalue weighted by atomic mass is 10.0.